The first-order chi connectivity index (χ1) is 9.28. The van der Waals surface area contributed by atoms with E-state index in [1.54, 1.807) is 6.92 Å². The maximum Gasteiger partial charge on any atom is 0.305 e. The zero-order valence-electron chi connectivity index (χ0n) is 13.4. The molecule has 0 aliphatic carbocycles. The molecule has 1 atom stereocenters. The average molecular weight is 281 g/mol. The topological polar surface area (TPSA) is 74.8 Å². The fourth-order valence-electron chi connectivity index (χ4n) is 1.19. The molecule has 5 nitrogen and oxygen atoms in total. The predicted octanol–water partition coefficient (Wildman–Crippen LogP) is 4.03. The van der Waals surface area contributed by atoms with Crippen LogP contribution in [0.15, 0.2) is 10.2 Å². The molecule has 0 aromatic carbocycles. The van der Waals surface area contributed by atoms with Gasteiger partial charge >= 0.3 is 5.97 Å². The Bertz CT molecular complexity index is 372. The Kier molecular flexibility index (Phi) is 8.05. The van der Waals surface area contributed by atoms with Crippen LogP contribution in [0.3, 0.4) is 0 Å². The van der Waals surface area contributed by atoms with Gasteiger partial charge in [-0.3, -0.25) is 4.79 Å². The molecule has 5 heteroatoms. The number of carbonyl (C=O) groups excluding carboxylic acids is 1. The molecular weight excluding hydrogens is 254 g/mol. The average Bonchev–Trinajstić information content (AvgIpc) is 2.43. The second-order valence-corrected chi connectivity index (χ2v) is 5.83. The van der Waals surface area contributed by atoms with E-state index in [-0.39, 0.29) is 17.9 Å². The van der Waals surface area contributed by atoms with Crippen LogP contribution in [-0.4, -0.2) is 23.7 Å². The van der Waals surface area contributed by atoms with E-state index in [9.17, 15) is 10.1 Å². The van der Waals surface area contributed by atoms with Gasteiger partial charge < -0.3 is 4.74 Å². The number of esters is 1. The van der Waals surface area contributed by atoms with Crippen LogP contribution in [-0.2, 0) is 9.53 Å². The third kappa shape index (κ3) is 7.88. The van der Waals surface area contributed by atoms with Crippen LogP contribution >= 0.6 is 0 Å². The van der Waals surface area contributed by atoms with E-state index in [4.69, 9.17) is 4.74 Å². The number of unbranched alkanes of at least 4 members (excludes halogenated alkanes) is 1. The highest BCUT2D eigenvalue weighted by Crippen LogP contribution is 2.22. The van der Waals surface area contributed by atoms with Gasteiger partial charge in [0.15, 0.2) is 5.54 Å². The minimum Gasteiger partial charge on any atom is -0.466 e. The van der Waals surface area contributed by atoms with Crippen molar-refractivity contribution in [3.63, 3.8) is 0 Å². The maximum atomic E-state index is 11.5. The molecule has 114 valence electrons. The summed E-state index contributed by atoms with van der Waals surface area (Å²) in [5.41, 5.74) is -1.24. The highest BCUT2D eigenvalue weighted by molar-refractivity contribution is 5.69. The van der Waals surface area contributed by atoms with Gasteiger partial charge in [0.2, 0.25) is 0 Å². The quantitative estimate of drug-likeness (QED) is 0.364. The standard InChI is InChI=1S/C15H27N3O2/c1-6-8-11-20-13(19)9-10-15(5,12-16)18-17-14(3,4)7-2/h6-11H2,1-5H3/b18-17+. The van der Waals surface area contributed by atoms with Crippen molar-refractivity contribution in [2.45, 2.75) is 77.8 Å². The SMILES string of the molecule is CCCCOC(=O)CCC(C)(C#N)/N=N/C(C)(C)CC. The van der Waals surface area contributed by atoms with E-state index in [0.29, 0.717) is 13.0 Å². The highest BCUT2D eigenvalue weighted by Gasteiger charge is 2.26. The van der Waals surface area contributed by atoms with E-state index >= 15 is 0 Å². The van der Waals surface area contributed by atoms with Gasteiger partial charge in [0.05, 0.1) is 18.2 Å². The molecule has 0 heterocycles. The summed E-state index contributed by atoms with van der Waals surface area (Å²) in [7, 11) is 0. The van der Waals surface area contributed by atoms with Crippen molar-refractivity contribution in [1.29, 1.82) is 5.26 Å². The lowest BCUT2D eigenvalue weighted by Crippen LogP contribution is -2.23. The number of ether oxygens (including phenoxy) is 1. The Morgan fingerprint density at radius 3 is 2.40 bits per heavy atom. The van der Waals surface area contributed by atoms with Gasteiger partial charge in [-0.1, -0.05) is 20.3 Å². The molecule has 0 aromatic rings. The Balaban J connectivity index is 4.39. The maximum absolute atomic E-state index is 11.5. The second kappa shape index (κ2) is 8.68. The van der Waals surface area contributed by atoms with Gasteiger partial charge in [-0.05, 0) is 40.0 Å². The van der Waals surface area contributed by atoms with E-state index in [1.165, 1.54) is 0 Å². The van der Waals surface area contributed by atoms with Crippen LogP contribution < -0.4 is 0 Å². The van der Waals surface area contributed by atoms with Crippen LogP contribution in [0.25, 0.3) is 0 Å². The van der Waals surface area contributed by atoms with Gasteiger partial charge in [-0.2, -0.15) is 15.5 Å². The van der Waals surface area contributed by atoms with Crippen LogP contribution in [0.4, 0.5) is 0 Å². The fourth-order valence-corrected chi connectivity index (χ4v) is 1.19. The van der Waals surface area contributed by atoms with Crippen LogP contribution in [0.5, 0.6) is 0 Å². The highest BCUT2D eigenvalue weighted by atomic mass is 16.5. The van der Waals surface area contributed by atoms with Crippen molar-refractivity contribution in [2.75, 3.05) is 6.61 Å². The lowest BCUT2D eigenvalue weighted by atomic mass is 9.99. The Morgan fingerprint density at radius 2 is 1.90 bits per heavy atom. The molecule has 0 saturated heterocycles. The van der Waals surface area contributed by atoms with Crippen LogP contribution in [0, 0.1) is 11.3 Å². The molecule has 0 spiro atoms. The molecule has 0 aromatic heterocycles. The molecule has 20 heavy (non-hydrogen) atoms. The van der Waals surface area contributed by atoms with Crippen molar-refractivity contribution in [1.82, 2.24) is 0 Å². The number of hydrogen-bond donors (Lipinski definition) is 0. The van der Waals surface area contributed by atoms with Gasteiger partial charge in [-0.25, -0.2) is 0 Å². The molecule has 0 aliphatic rings. The molecule has 0 radical (unpaired) electrons. The monoisotopic (exact) mass is 281 g/mol. The Hall–Kier alpha value is -1.44. The summed E-state index contributed by atoms with van der Waals surface area (Å²) in [6, 6.07) is 2.13. The Morgan fingerprint density at radius 1 is 1.25 bits per heavy atom. The van der Waals surface area contributed by atoms with Gasteiger partial charge in [0.25, 0.3) is 0 Å². The van der Waals surface area contributed by atoms with Crippen molar-refractivity contribution < 1.29 is 9.53 Å². The third-order valence-electron chi connectivity index (χ3n) is 3.22. The first-order valence-corrected chi connectivity index (χ1v) is 7.29. The summed E-state index contributed by atoms with van der Waals surface area (Å²) >= 11 is 0. The minimum absolute atomic E-state index is 0.194. The summed E-state index contributed by atoms with van der Waals surface area (Å²) in [5, 5.41) is 17.6. The number of carbonyl (C=O) groups is 1. The molecule has 0 saturated carbocycles. The van der Waals surface area contributed by atoms with Crippen molar-refractivity contribution in [2.24, 2.45) is 10.2 Å². The number of nitriles is 1. The number of nitrogens with zero attached hydrogens (tertiary/aromatic N) is 3. The lowest BCUT2D eigenvalue weighted by molar-refractivity contribution is -0.144. The molecule has 0 aliphatic heterocycles. The smallest absolute Gasteiger partial charge is 0.305 e. The normalized spacial score (nSPS) is 14.8. The van der Waals surface area contributed by atoms with E-state index in [2.05, 4.69) is 16.3 Å². The van der Waals surface area contributed by atoms with Crippen molar-refractivity contribution in [3.8, 4) is 6.07 Å². The predicted molar refractivity (Wildman–Crippen MR) is 78.3 cm³/mol. The summed E-state index contributed by atoms with van der Waals surface area (Å²) < 4.78 is 5.07. The van der Waals surface area contributed by atoms with Gasteiger partial charge in [0.1, 0.15) is 0 Å². The third-order valence-corrected chi connectivity index (χ3v) is 3.22. The number of hydrogen-bond acceptors (Lipinski definition) is 5. The molecule has 0 N–H and O–H groups in total. The largest absolute Gasteiger partial charge is 0.466 e. The van der Waals surface area contributed by atoms with Crippen LogP contribution in [0.1, 0.15) is 66.7 Å². The summed E-state index contributed by atoms with van der Waals surface area (Å²) in [6.07, 6.45) is 3.23. The summed E-state index contributed by atoms with van der Waals surface area (Å²) in [5.74, 6) is -0.273. The molecule has 0 amide bonds. The van der Waals surface area contributed by atoms with Gasteiger partial charge in [-0.15, -0.1) is 0 Å². The fraction of sp³-hybridized carbons (Fsp3) is 0.867. The molecular formula is C15H27N3O2. The van der Waals surface area contributed by atoms with Crippen LogP contribution in [0.2, 0.25) is 0 Å². The number of azo groups is 1. The van der Waals surface area contributed by atoms with Gasteiger partial charge in [0, 0.05) is 6.42 Å². The van der Waals surface area contributed by atoms with E-state index < -0.39 is 5.54 Å². The number of rotatable bonds is 9. The first kappa shape index (κ1) is 18.6. The minimum atomic E-state index is -0.962. The van der Waals surface area contributed by atoms with E-state index in [0.717, 1.165) is 19.3 Å². The molecule has 1 unspecified atom stereocenters. The summed E-state index contributed by atoms with van der Waals surface area (Å²) in [4.78, 5) is 11.5. The molecule has 0 rings (SSSR count). The van der Waals surface area contributed by atoms with E-state index in [1.807, 2.05) is 27.7 Å². The summed E-state index contributed by atoms with van der Waals surface area (Å²) in [6.45, 7) is 10.1. The first-order valence-electron chi connectivity index (χ1n) is 7.29. The second-order valence-electron chi connectivity index (χ2n) is 5.83. The molecule has 0 fully saturated rings. The zero-order valence-corrected chi connectivity index (χ0v) is 13.4. The molecule has 0 bridgehead atoms. The lowest BCUT2D eigenvalue weighted by Gasteiger charge is -2.19. The zero-order chi connectivity index (χ0) is 15.6. The van der Waals surface area contributed by atoms with Crippen molar-refractivity contribution in [3.05, 3.63) is 0 Å². The van der Waals surface area contributed by atoms with Crippen molar-refractivity contribution >= 4 is 5.97 Å². The Labute approximate surface area is 122 Å².